The first kappa shape index (κ1) is 15.8. The monoisotopic (exact) mass is 288 g/mol. The number of hydrogen-bond donors (Lipinski definition) is 0. The van der Waals surface area contributed by atoms with Crippen molar-refractivity contribution < 1.29 is 4.74 Å². The van der Waals surface area contributed by atoms with Crippen molar-refractivity contribution in [1.29, 1.82) is 0 Å². The summed E-state index contributed by atoms with van der Waals surface area (Å²) in [5, 5.41) is 0.767. The molecule has 1 aromatic rings. The van der Waals surface area contributed by atoms with E-state index in [9.17, 15) is 0 Å². The summed E-state index contributed by atoms with van der Waals surface area (Å²) in [6, 6.07) is 7.92. The lowest BCUT2D eigenvalue weighted by Gasteiger charge is -2.15. The van der Waals surface area contributed by atoms with Crippen molar-refractivity contribution >= 4 is 23.2 Å². The first-order valence-electron chi connectivity index (χ1n) is 6.52. The SMILES string of the molecule is CC(C)CCOCCC(CCl)c1cccc(Cl)c1. The highest BCUT2D eigenvalue weighted by Crippen LogP contribution is 2.24. The molecule has 0 bridgehead atoms. The van der Waals surface area contributed by atoms with E-state index >= 15 is 0 Å². The Balaban J connectivity index is 2.34. The largest absolute Gasteiger partial charge is 0.381 e. The Morgan fingerprint density at radius 1 is 1.17 bits per heavy atom. The molecule has 0 aliphatic heterocycles. The Kier molecular flexibility index (Phi) is 7.73. The average Bonchev–Trinajstić information content (AvgIpc) is 2.33. The van der Waals surface area contributed by atoms with Gasteiger partial charge >= 0.3 is 0 Å². The summed E-state index contributed by atoms with van der Waals surface area (Å²) in [4.78, 5) is 0. The van der Waals surface area contributed by atoms with E-state index in [2.05, 4.69) is 19.9 Å². The van der Waals surface area contributed by atoms with Crippen LogP contribution in [0.5, 0.6) is 0 Å². The molecule has 0 fully saturated rings. The lowest BCUT2D eigenvalue weighted by Crippen LogP contribution is -2.07. The maximum absolute atomic E-state index is 6.02. The van der Waals surface area contributed by atoms with Crippen molar-refractivity contribution in [1.82, 2.24) is 0 Å². The molecule has 0 amide bonds. The van der Waals surface area contributed by atoms with Crippen LogP contribution < -0.4 is 0 Å². The molecule has 0 radical (unpaired) electrons. The number of halogens is 2. The van der Waals surface area contributed by atoms with Gasteiger partial charge in [-0.2, -0.15) is 0 Å². The molecular weight excluding hydrogens is 267 g/mol. The van der Waals surface area contributed by atoms with E-state index in [1.54, 1.807) is 0 Å². The van der Waals surface area contributed by atoms with E-state index in [0.717, 1.165) is 31.1 Å². The van der Waals surface area contributed by atoms with Crippen molar-refractivity contribution in [2.45, 2.75) is 32.6 Å². The van der Waals surface area contributed by atoms with Crippen molar-refractivity contribution in [3.05, 3.63) is 34.9 Å². The molecule has 3 heteroatoms. The first-order valence-corrected chi connectivity index (χ1v) is 7.44. The Morgan fingerprint density at radius 2 is 1.89 bits per heavy atom. The van der Waals surface area contributed by atoms with Crippen LogP contribution in [0.2, 0.25) is 5.02 Å². The van der Waals surface area contributed by atoms with Crippen LogP contribution in [0.3, 0.4) is 0 Å². The molecule has 1 nitrogen and oxygen atoms in total. The van der Waals surface area contributed by atoms with Gasteiger partial charge in [-0.25, -0.2) is 0 Å². The Labute approximate surface area is 120 Å². The molecule has 0 N–H and O–H groups in total. The third-order valence-electron chi connectivity index (χ3n) is 2.96. The molecule has 18 heavy (non-hydrogen) atoms. The second kappa shape index (κ2) is 8.79. The van der Waals surface area contributed by atoms with Crippen LogP contribution in [0.25, 0.3) is 0 Å². The van der Waals surface area contributed by atoms with Gasteiger partial charge in [0.25, 0.3) is 0 Å². The van der Waals surface area contributed by atoms with Crippen molar-refractivity contribution in [3.63, 3.8) is 0 Å². The van der Waals surface area contributed by atoms with E-state index in [-0.39, 0.29) is 0 Å². The number of rotatable bonds is 8. The normalized spacial score (nSPS) is 12.9. The maximum atomic E-state index is 6.02. The molecule has 0 aliphatic carbocycles. The van der Waals surface area contributed by atoms with Crippen LogP contribution >= 0.6 is 23.2 Å². The van der Waals surface area contributed by atoms with Crippen LogP contribution in [0.4, 0.5) is 0 Å². The molecule has 0 aliphatic rings. The summed E-state index contributed by atoms with van der Waals surface area (Å²) in [6.07, 6.45) is 2.06. The van der Waals surface area contributed by atoms with E-state index in [4.69, 9.17) is 27.9 Å². The smallest absolute Gasteiger partial charge is 0.0472 e. The van der Waals surface area contributed by atoms with Gasteiger partial charge in [0, 0.05) is 24.1 Å². The minimum Gasteiger partial charge on any atom is -0.381 e. The molecule has 1 rings (SSSR count). The van der Waals surface area contributed by atoms with Gasteiger partial charge in [0.2, 0.25) is 0 Å². The predicted molar refractivity (Wildman–Crippen MR) is 79.8 cm³/mol. The van der Waals surface area contributed by atoms with E-state index < -0.39 is 0 Å². The lowest BCUT2D eigenvalue weighted by atomic mass is 9.98. The molecule has 0 saturated carbocycles. The number of benzene rings is 1. The molecule has 1 atom stereocenters. The Bertz CT molecular complexity index is 339. The zero-order valence-electron chi connectivity index (χ0n) is 11.2. The van der Waals surface area contributed by atoms with E-state index in [0.29, 0.717) is 17.7 Å². The van der Waals surface area contributed by atoms with Gasteiger partial charge in [-0.1, -0.05) is 37.6 Å². The van der Waals surface area contributed by atoms with E-state index in [1.165, 1.54) is 5.56 Å². The number of hydrogen-bond acceptors (Lipinski definition) is 1. The van der Waals surface area contributed by atoms with Gasteiger partial charge in [-0.15, -0.1) is 11.6 Å². The standard InChI is InChI=1S/C15H22Cl2O/c1-12(2)6-8-18-9-7-14(11-16)13-4-3-5-15(17)10-13/h3-5,10,12,14H,6-9,11H2,1-2H3. The highest BCUT2D eigenvalue weighted by Gasteiger charge is 2.10. The minimum absolute atomic E-state index is 0.324. The zero-order chi connectivity index (χ0) is 13.4. The summed E-state index contributed by atoms with van der Waals surface area (Å²) < 4.78 is 5.64. The van der Waals surface area contributed by atoms with Crippen LogP contribution in [0.15, 0.2) is 24.3 Å². The first-order chi connectivity index (χ1) is 8.63. The molecule has 0 saturated heterocycles. The van der Waals surface area contributed by atoms with Crippen LogP contribution in [0.1, 0.15) is 38.2 Å². The van der Waals surface area contributed by atoms with Gasteiger partial charge in [0.15, 0.2) is 0 Å². The van der Waals surface area contributed by atoms with Crippen molar-refractivity contribution in [2.24, 2.45) is 5.92 Å². The molecule has 0 heterocycles. The Hall–Kier alpha value is -0.240. The zero-order valence-corrected chi connectivity index (χ0v) is 12.7. The quantitative estimate of drug-likeness (QED) is 0.477. The second-order valence-corrected chi connectivity index (χ2v) is 5.73. The molecule has 102 valence electrons. The molecule has 1 unspecified atom stereocenters. The van der Waals surface area contributed by atoms with E-state index in [1.807, 2.05) is 18.2 Å². The van der Waals surface area contributed by atoms with Gasteiger partial charge < -0.3 is 4.74 Å². The maximum Gasteiger partial charge on any atom is 0.0472 e. The summed E-state index contributed by atoms with van der Waals surface area (Å²) in [5.74, 6) is 1.62. The summed E-state index contributed by atoms with van der Waals surface area (Å²) >= 11 is 12.0. The third kappa shape index (κ3) is 6.08. The lowest BCUT2D eigenvalue weighted by molar-refractivity contribution is 0.118. The summed E-state index contributed by atoms with van der Waals surface area (Å²) in [7, 11) is 0. The van der Waals surface area contributed by atoms with Crippen LogP contribution in [-0.2, 0) is 4.74 Å². The number of ether oxygens (including phenoxy) is 1. The second-order valence-electron chi connectivity index (χ2n) is 4.99. The molecule has 0 spiro atoms. The van der Waals surface area contributed by atoms with Gasteiger partial charge in [-0.05, 0) is 42.4 Å². The van der Waals surface area contributed by atoms with Gasteiger partial charge in [0.05, 0.1) is 0 Å². The average molecular weight is 289 g/mol. The predicted octanol–water partition coefficient (Wildman–Crippen LogP) is 5.12. The highest BCUT2D eigenvalue weighted by molar-refractivity contribution is 6.30. The molecule has 1 aromatic carbocycles. The van der Waals surface area contributed by atoms with Crippen LogP contribution in [0, 0.1) is 5.92 Å². The topological polar surface area (TPSA) is 9.23 Å². The van der Waals surface area contributed by atoms with Crippen molar-refractivity contribution in [3.8, 4) is 0 Å². The fourth-order valence-corrected chi connectivity index (χ4v) is 2.27. The summed E-state index contributed by atoms with van der Waals surface area (Å²) in [5.41, 5.74) is 1.20. The summed E-state index contributed by atoms with van der Waals surface area (Å²) in [6.45, 7) is 6.01. The Morgan fingerprint density at radius 3 is 2.50 bits per heavy atom. The highest BCUT2D eigenvalue weighted by atomic mass is 35.5. The fraction of sp³-hybridized carbons (Fsp3) is 0.600. The third-order valence-corrected chi connectivity index (χ3v) is 3.56. The molecular formula is C15H22Cl2O. The van der Waals surface area contributed by atoms with Gasteiger partial charge in [-0.3, -0.25) is 0 Å². The van der Waals surface area contributed by atoms with Crippen LogP contribution in [-0.4, -0.2) is 19.1 Å². The van der Waals surface area contributed by atoms with Crippen molar-refractivity contribution in [2.75, 3.05) is 19.1 Å². The molecule has 0 aromatic heterocycles. The number of alkyl halides is 1. The fourth-order valence-electron chi connectivity index (χ4n) is 1.74. The van der Waals surface area contributed by atoms with Gasteiger partial charge in [0.1, 0.15) is 0 Å². The minimum atomic E-state index is 0.324.